The Kier molecular flexibility index (Phi) is 3.32. The lowest BCUT2D eigenvalue weighted by Gasteiger charge is -2.08. The second kappa shape index (κ2) is 4.73. The molecule has 0 spiro atoms. The fourth-order valence-electron chi connectivity index (χ4n) is 1.41. The first-order chi connectivity index (χ1) is 7.65. The lowest BCUT2D eigenvalue weighted by Crippen LogP contribution is -2.05. The van der Waals surface area contributed by atoms with Gasteiger partial charge in [-0.25, -0.2) is 0 Å². The van der Waals surface area contributed by atoms with Gasteiger partial charge in [0.25, 0.3) is 0 Å². The maximum atomic E-state index is 10.9. The number of rotatable bonds is 2. The first-order valence-electron chi connectivity index (χ1n) is 4.75. The van der Waals surface area contributed by atoms with Gasteiger partial charge in [-0.1, -0.05) is 23.2 Å². The van der Waals surface area contributed by atoms with Crippen LogP contribution in [-0.4, -0.2) is 4.57 Å². The predicted octanol–water partition coefficient (Wildman–Crippen LogP) is 3.20. The molecule has 1 aromatic heterocycles. The SMILES string of the molecule is O=c1ccn(Cc2cc(Cl)ccc2Cl)cc1. The molecule has 0 aliphatic carbocycles. The minimum absolute atomic E-state index is 0.00607. The Morgan fingerprint density at radius 2 is 1.75 bits per heavy atom. The molecule has 2 rings (SSSR count). The summed E-state index contributed by atoms with van der Waals surface area (Å²) in [5.74, 6) is 0. The fraction of sp³-hybridized carbons (Fsp3) is 0.0833. The highest BCUT2D eigenvalue weighted by Gasteiger charge is 2.01. The minimum Gasteiger partial charge on any atom is -0.350 e. The first-order valence-corrected chi connectivity index (χ1v) is 5.51. The molecule has 2 aromatic rings. The van der Waals surface area contributed by atoms with Crippen LogP contribution in [0, 0.1) is 0 Å². The fourth-order valence-corrected chi connectivity index (χ4v) is 1.78. The van der Waals surface area contributed by atoms with Gasteiger partial charge in [-0.3, -0.25) is 4.79 Å². The molecule has 2 nitrogen and oxygen atoms in total. The van der Waals surface area contributed by atoms with Crippen LogP contribution >= 0.6 is 23.2 Å². The summed E-state index contributed by atoms with van der Waals surface area (Å²) in [6.07, 6.45) is 3.44. The molecule has 0 radical (unpaired) electrons. The summed E-state index contributed by atoms with van der Waals surface area (Å²) in [6, 6.07) is 8.36. The van der Waals surface area contributed by atoms with Crippen LogP contribution in [0.3, 0.4) is 0 Å². The number of nitrogens with zero attached hydrogens (tertiary/aromatic N) is 1. The van der Waals surface area contributed by atoms with Crippen LogP contribution in [0.2, 0.25) is 10.0 Å². The Hall–Kier alpha value is -1.25. The molecule has 0 saturated carbocycles. The number of hydrogen-bond donors (Lipinski definition) is 0. The predicted molar refractivity (Wildman–Crippen MR) is 66.3 cm³/mol. The maximum absolute atomic E-state index is 10.9. The molecule has 0 fully saturated rings. The van der Waals surface area contributed by atoms with E-state index in [-0.39, 0.29) is 5.43 Å². The van der Waals surface area contributed by atoms with Crippen molar-refractivity contribution in [1.29, 1.82) is 0 Å². The van der Waals surface area contributed by atoms with E-state index in [0.29, 0.717) is 16.6 Å². The normalized spacial score (nSPS) is 10.4. The van der Waals surface area contributed by atoms with Crippen LogP contribution in [0.5, 0.6) is 0 Å². The first kappa shape index (κ1) is 11.2. The van der Waals surface area contributed by atoms with Gasteiger partial charge in [-0.2, -0.15) is 0 Å². The number of pyridine rings is 1. The summed E-state index contributed by atoms with van der Waals surface area (Å²) in [7, 11) is 0. The zero-order chi connectivity index (χ0) is 11.5. The van der Waals surface area contributed by atoms with Crippen molar-refractivity contribution in [2.75, 3.05) is 0 Å². The molecular formula is C12H9Cl2NO. The third-order valence-corrected chi connectivity index (χ3v) is 2.83. The van der Waals surface area contributed by atoms with Gasteiger partial charge in [-0.15, -0.1) is 0 Å². The molecule has 0 aliphatic heterocycles. The zero-order valence-electron chi connectivity index (χ0n) is 8.36. The topological polar surface area (TPSA) is 22.0 Å². The quantitative estimate of drug-likeness (QED) is 0.806. The third-order valence-electron chi connectivity index (χ3n) is 2.22. The third kappa shape index (κ3) is 2.65. The van der Waals surface area contributed by atoms with Crippen LogP contribution < -0.4 is 5.43 Å². The molecule has 4 heteroatoms. The van der Waals surface area contributed by atoms with Crippen molar-refractivity contribution in [3.8, 4) is 0 Å². The Balaban J connectivity index is 2.30. The molecule has 16 heavy (non-hydrogen) atoms. The van der Waals surface area contributed by atoms with Crippen molar-refractivity contribution >= 4 is 23.2 Å². The molecule has 1 aromatic carbocycles. The Morgan fingerprint density at radius 3 is 2.44 bits per heavy atom. The van der Waals surface area contributed by atoms with E-state index in [0.717, 1.165) is 5.56 Å². The molecule has 0 N–H and O–H groups in total. The molecule has 0 saturated heterocycles. The average Bonchev–Trinajstić information content (AvgIpc) is 2.27. The van der Waals surface area contributed by atoms with Gasteiger partial charge >= 0.3 is 0 Å². The van der Waals surface area contributed by atoms with Gasteiger partial charge in [0.15, 0.2) is 5.43 Å². The van der Waals surface area contributed by atoms with E-state index in [1.807, 2.05) is 10.6 Å². The van der Waals surface area contributed by atoms with Crippen LogP contribution in [0.4, 0.5) is 0 Å². The van der Waals surface area contributed by atoms with Crippen molar-refractivity contribution < 1.29 is 0 Å². The molecule has 1 heterocycles. The van der Waals surface area contributed by atoms with Crippen molar-refractivity contribution in [3.05, 3.63) is 68.6 Å². The van der Waals surface area contributed by atoms with Crippen LogP contribution in [0.1, 0.15) is 5.56 Å². The average molecular weight is 254 g/mol. The monoisotopic (exact) mass is 253 g/mol. The summed E-state index contributed by atoms with van der Waals surface area (Å²) in [5.41, 5.74) is 0.922. The van der Waals surface area contributed by atoms with E-state index in [1.165, 1.54) is 12.1 Å². The Morgan fingerprint density at radius 1 is 1.06 bits per heavy atom. The second-order valence-corrected chi connectivity index (χ2v) is 4.29. The summed E-state index contributed by atoms with van der Waals surface area (Å²) < 4.78 is 1.87. The van der Waals surface area contributed by atoms with Crippen LogP contribution in [-0.2, 0) is 6.54 Å². The molecular weight excluding hydrogens is 245 g/mol. The second-order valence-electron chi connectivity index (χ2n) is 3.44. The van der Waals surface area contributed by atoms with Crippen molar-refractivity contribution in [2.45, 2.75) is 6.54 Å². The van der Waals surface area contributed by atoms with Crippen molar-refractivity contribution in [2.24, 2.45) is 0 Å². The van der Waals surface area contributed by atoms with Crippen molar-refractivity contribution in [3.63, 3.8) is 0 Å². The van der Waals surface area contributed by atoms with Gasteiger partial charge in [0, 0.05) is 41.1 Å². The largest absolute Gasteiger partial charge is 0.350 e. The molecule has 0 aliphatic rings. The van der Waals surface area contributed by atoms with Crippen LogP contribution in [0.15, 0.2) is 47.5 Å². The summed E-state index contributed by atoms with van der Waals surface area (Å²) in [5, 5.41) is 1.32. The smallest absolute Gasteiger partial charge is 0.181 e. The van der Waals surface area contributed by atoms with E-state index in [9.17, 15) is 4.79 Å². The van der Waals surface area contributed by atoms with Gasteiger partial charge in [0.05, 0.1) is 0 Å². The van der Waals surface area contributed by atoms with E-state index in [1.54, 1.807) is 24.5 Å². The van der Waals surface area contributed by atoms with Gasteiger partial charge in [0.2, 0.25) is 0 Å². The molecule has 0 amide bonds. The standard InChI is InChI=1S/C12H9Cl2NO/c13-10-1-2-12(14)9(7-10)8-15-5-3-11(16)4-6-15/h1-7H,8H2. The van der Waals surface area contributed by atoms with Gasteiger partial charge < -0.3 is 4.57 Å². The highest BCUT2D eigenvalue weighted by Crippen LogP contribution is 2.21. The van der Waals surface area contributed by atoms with E-state index in [2.05, 4.69) is 0 Å². The Labute approximate surface area is 103 Å². The molecule has 0 unspecified atom stereocenters. The number of aromatic nitrogens is 1. The van der Waals surface area contributed by atoms with E-state index >= 15 is 0 Å². The molecule has 0 bridgehead atoms. The number of hydrogen-bond acceptors (Lipinski definition) is 1. The molecule has 0 atom stereocenters. The van der Waals surface area contributed by atoms with Gasteiger partial charge in [-0.05, 0) is 23.8 Å². The zero-order valence-corrected chi connectivity index (χ0v) is 9.87. The number of halogens is 2. The van der Waals surface area contributed by atoms with Crippen LogP contribution in [0.25, 0.3) is 0 Å². The molecule has 82 valence electrons. The van der Waals surface area contributed by atoms with E-state index < -0.39 is 0 Å². The summed E-state index contributed by atoms with van der Waals surface area (Å²) in [4.78, 5) is 10.9. The lowest BCUT2D eigenvalue weighted by atomic mass is 10.2. The Bertz CT molecular complexity index is 543. The summed E-state index contributed by atoms with van der Waals surface area (Å²) in [6.45, 7) is 0.597. The highest BCUT2D eigenvalue weighted by molar-refractivity contribution is 6.33. The lowest BCUT2D eigenvalue weighted by molar-refractivity contribution is 0.789. The van der Waals surface area contributed by atoms with Crippen molar-refractivity contribution in [1.82, 2.24) is 4.57 Å². The van der Waals surface area contributed by atoms with Gasteiger partial charge in [0.1, 0.15) is 0 Å². The highest BCUT2D eigenvalue weighted by atomic mass is 35.5. The maximum Gasteiger partial charge on any atom is 0.181 e. The number of benzene rings is 1. The minimum atomic E-state index is -0.00607. The summed E-state index contributed by atoms with van der Waals surface area (Å²) >= 11 is 11.9. The van der Waals surface area contributed by atoms with E-state index in [4.69, 9.17) is 23.2 Å².